The van der Waals surface area contributed by atoms with Crippen LogP contribution in [-0.2, 0) is 4.79 Å². The molecule has 0 aromatic rings. The average Bonchev–Trinajstić information content (AvgIpc) is 2.56. The molecule has 1 saturated carbocycles. The first-order valence-corrected chi connectivity index (χ1v) is 9.08. The van der Waals surface area contributed by atoms with E-state index in [4.69, 9.17) is 0 Å². The van der Waals surface area contributed by atoms with Crippen molar-refractivity contribution in [3.8, 4) is 0 Å². The van der Waals surface area contributed by atoms with Crippen LogP contribution in [0.5, 0.6) is 0 Å². The second-order valence-corrected chi connectivity index (χ2v) is 7.52. The third kappa shape index (κ3) is 8.53. The van der Waals surface area contributed by atoms with Gasteiger partial charge in [0.25, 0.3) is 0 Å². The van der Waals surface area contributed by atoms with E-state index < -0.39 is 5.41 Å². The lowest BCUT2D eigenvalue weighted by atomic mass is 9.85. The molecule has 1 rings (SSSR count). The monoisotopic (exact) mass is 452 g/mol. The minimum absolute atomic E-state index is 0. The van der Waals surface area contributed by atoms with Crippen LogP contribution in [0.2, 0.25) is 0 Å². The lowest BCUT2D eigenvalue weighted by Crippen LogP contribution is -2.49. The molecule has 0 bridgehead atoms. The summed E-state index contributed by atoms with van der Waals surface area (Å²) in [6, 6.07) is 0.395. The van der Waals surface area contributed by atoms with Gasteiger partial charge in [0.05, 0.1) is 5.41 Å². The summed E-state index contributed by atoms with van der Waals surface area (Å²) in [6.07, 6.45) is 9.51. The van der Waals surface area contributed by atoms with Gasteiger partial charge in [-0.3, -0.25) is 9.79 Å². The van der Waals surface area contributed by atoms with Crippen molar-refractivity contribution in [2.75, 3.05) is 20.6 Å². The number of nitrogens with zero attached hydrogens (tertiary/aromatic N) is 1. The molecule has 1 amide bonds. The topological polar surface area (TPSA) is 65.5 Å². The lowest BCUT2D eigenvalue weighted by Gasteiger charge is -2.26. The Morgan fingerprint density at radius 2 is 1.88 bits per heavy atom. The molecular formula is C18H37IN4O. The molecule has 24 heavy (non-hydrogen) atoms. The van der Waals surface area contributed by atoms with E-state index in [1.807, 2.05) is 13.8 Å². The fraction of sp³-hybridized carbons (Fsp3) is 0.889. The molecule has 1 aliphatic carbocycles. The number of nitrogens with one attached hydrogen (secondary N) is 3. The number of carbonyl (C=O) groups excluding carboxylic acids is 1. The highest BCUT2D eigenvalue weighted by Crippen LogP contribution is 2.27. The average molecular weight is 452 g/mol. The third-order valence-corrected chi connectivity index (χ3v) is 4.88. The first-order chi connectivity index (χ1) is 10.9. The number of hydrogen-bond donors (Lipinski definition) is 3. The number of aliphatic imine (C=N–C) groups is 1. The van der Waals surface area contributed by atoms with E-state index in [1.165, 1.54) is 44.9 Å². The second kappa shape index (κ2) is 11.9. The predicted molar refractivity (Wildman–Crippen MR) is 113 cm³/mol. The highest BCUT2D eigenvalue weighted by Gasteiger charge is 2.26. The third-order valence-electron chi connectivity index (χ3n) is 4.88. The Hall–Kier alpha value is -0.530. The molecule has 1 atom stereocenters. The molecule has 6 heteroatoms. The van der Waals surface area contributed by atoms with Crippen LogP contribution in [0.4, 0.5) is 0 Å². The van der Waals surface area contributed by atoms with E-state index in [-0.39, 0.29) is 29.9 Å². The Morgan fingerprint density at radius 3 is 2.42 bits per heavy atom. The molecule has 3 N–H and O–H groups in total. The molecule has 142 valence electrons. The van der Waals surface area contributed by atoms with Gasteiger partial charge >= 0.3 is 0 Å². The van der Waals surface area contributed by atoms with Crippen molar-refractivity contribution in [2.24, 2.45) is 16.3 Å². The summed E-state index contributed by atoms with van der Waals surface area (Å²) in [5.74, 6) is 1.72. The van der Waals surface area contributed by atoms with Crippen LogP contribution in [0.1, 0.15) is 65.7 Å². The Labute approximate surface area is 165 Å². The van der Waals surface area contributed by atoms with Crippen molar-refractivity contribution in [1.29, 1.82) is 0 Å². The first kappa shape index (κ1) is 23.5. The summed E-state index contributed by atoms with van der Waals surface area (Å²) in [5.41, 5.74) is -0.461. The highest BCUT2D eigenvalue weighted by molar-refractivity contribution is 14.0. The molecule has 0 saturated heterocycles. The normalized spacial score (nSPS) is 17.6. The van der Waals surface area contributed by atoms with E-state index in [2.05, 4.69) is 27.9 Å². The van der Waals surface area contributed by atoms with Crippen molar-refractivity contribution in [3.05, 3.63) is 0 Å². The minimum atomic E-state index is -0.461. The van der Waals surface area contributed by atoms with Crippen LogP contribution in [-0.4, -0.2) is 38.5 Å². The maximum atomic E-state index is 11.8. The van der Waals surface area contributed by atoms with Crippen molar-refractivity contribution >= 4 is 35.8 Å². The zero-order valence-corrected chi connectivity index (χ0v) is 18.4. The van der Waals surface area contributed by atoms with Crippen molar-refractivity contribution in [1.82, 2.24) is 16.0 Å². The van der Waals surface area contributed by atoms with Crippen LogP contribution >= 0.6 is 24.0 Å². The van der Waals surface area contributed by atoms with Gasteiger partial charge in [-0.1, -0.05) is 32.1 Å². The number of carbonyl (C=O) groups is 1. The molecule has 0 spiro atoms. The van der Waals surface area contributed by atoms with Gasteiger partial charge in [-0.05, 0) is 39.5 Å². The summed E-state index contributed by atoms with van der Waals surface area (Å²) < 4.78 is 0. The van der Waals surface area contributed by atoms with Gasteiger partial charge in [0.1, 0.15) is 0 Å². The summed E-state index contributed by atoms with van der Waals surface area (Å²) in [6.45, 7) is 6.62. The molecule has 0 aromatic carbocycles. The van der Waals surface area contributed by atoms with Crippen molar-refractivity contribution < 1.29 is 4.79 Å². The maximum absolute atomic E-state index is 11.8. The van der Waals surface area contributed by atoms with E-state index in [0.29, 0.717) is 12.6 Å². The zero-order valence-electron chi connectivity index (χ0n) is 16.1. The van der Waals surface area contributed by atoms with Crippen molar-refractivity contribution in [3.63, 3.8) is 0 Å². The van der Waals surface area contributed by atoms with Gasteiger partial charge < -0.3 is 16.0 Å². The number of halogens is 1. The summed E-state index contributed by atoms with van der Waals surface area (Å²) >= 11 is 0. The second-order valence-electron chi connectivity index (χ2n) is 7.52. The van der Waals surface area contributed by atoms with Crippen LogP contribution in [0, 0.1) is 11.3 Å². The van der Waals surface area contributed by atoms with Gasteiger partial charge in [0.2, 0.25) is 5.91 Å². The number of guanidine groups is 1. The Bertz CT molecular complexity index is 392. The van der Waals surface area contributed by atoms with Crippen LogP contribution in [0.15, 0.2) is 4.99 Å². The Morgan fingerprint density at radius 1 is 1.25 bits per heavy atom. The van der Waals surface area contributed by atoms with Crippen molar-refractivity contribution in [2.45, 2.75) is 71.8 Å². The van der Waals surface area contributed by atoms with E-state index in [1.54, 1.807) is 14.1 Å². The number of rotatable bonds is 7. The first-order valence-electron chi connectivity index (χ1n) is 9.08. The van der Waals surface area contributed by atoms with E-state index in [0.717, 1.165) is 11.9 Å². The van der Waals surface area contributed by atoms with Crippen LogP contribution < -0.4 is 16.0 Å². The fourth-order valence-corrected chi connectivity index (χ4v) is 3.19. The molecule has 1 aliphatic rings. The number of amides is 1. The lowest BCUT2D eigenvalue weighted by molar-refractivity contribution is -0.128. The Kier molecular flexibility index (Phi) is 11.7. The summed E-state index contributed by atoms with van der Waals surface area (Å²) in [5, 5.41) is 9.42. The number of hydrogen-bond acceptors (Lipinski definition) is 2. The van der Waals surface area contributed by atoms with E-state index >= 15 is 0 Å². The standard InChI is InChI=1S/C18H36N4O.HI/c1-14(11-12-15-9-7-6-8-10-15)22-17(20-5)21-13-18(2,3)16(23)19-4;/h14-15H,6-13H2,1-5H3,(H,19,23)(H2,20,21,22);1H. The minimum Gasteiger partial charge on any atom is -0.359 e. The van der Waals surface area contributed by atoms with Gasteiger partial charge in [0, 0.05) is 26.7 Å². The van der Waals surface area contributed by atoms with Gasteiger partial charge in [-0.25, -0.2) is 0 Å². The smallest absolute Gasteiger partial charge is 0.227 e. The van der Waals surface area contributed by atoms with Crippen LogP contribution in [0.25, 0.3) is 0 Å². The summed E-state index contributed by atoms with van der Waals surface area (Å²) in [7, 11) is 3.45. The zero-order chi connectivity index (χ0) is 17.3. The maximum Gasteiger partial charge on any atom is 0.227 e. The van der Waals surface area contributed by atoms with Gasteiger partial charge in [0.15, 0.2) is 5.96 Å². The fourth-order valence-electron chi connectivity index (χ4n) is 3.19. The molecular weight excluding hydrogens is 415 g/mol. The molecule has 1 fully saturated rings. The largest absolute Gasteiger partial charge is 0.359 e. The van der Waals surface area contributed by atoms with Gasteiger partial charge in [-0.15, -0.1) is 24.0 Å². The Balaban J connectivity index is 0.00000529. The SMILES string of the molecule is CN=C(NCC(C)(C)C(=O)NC)NC(C)CCC1CCCCC1.I. The molecule has 5 nitrogen and oxygen atoms in total. The van der Waals surface area contributed by atoms with Gasteiger partial charge in [-0.2, -0.15) is 0 Å². The predicted octanol–water partition coefficient (Wildman–Crippen LogP) is 3.29. The molecule has 0 aliphatic heterocycles. The summed E-state index contributed by atoms with van der Waals surface area (Å²) in [4.78, 5) is 16.1. The van der Waals surface area contributed by atoms with Crippen LogP contribution in [0.3, 0.4) is 0 Å². The van der Waals surface area contributed by atoms with E-state index in [9.17, 15) is 4.79 Å². The highest BCUT2D eigenvalue weighted by atomic mass is 127. The molecule has 0 radical (unpaired) electrons. The molecule has 0 heterocycles. The molecule has 1 unspecified atom stereocenters. The quantitative estimate of drug-likeness (QED) is 0.316. The molecule has 0 aromatic heterocycles.